The molecule has 0 fully saturated rings. The third kappa shape index (κ3) is 4.77. The van der Waals surface area contributed by atoms with Gasteiger partial charge in [0.15, 0.2) is 0 Å². The van der Waals surface area contributed by atoms with Crippen molar-refractivity contribution in [3.63, 3.8) is 0 Å². The molecule has 2 amide bonds. The number of rotatable bonds is 5. The lowest BCUT2D eigenvalue weighted by Crippen LogP contribution is -2.49. The van der Waals surface area contributed by atoms with Gasteiger partial charge in [-0.3, -0.25) is 0 Å². The molecule has 0 aromatic heterocycles. The molecular formula is C16H24N2O3. The minimum absolute atomic E-state index is 0.0258. The van der Waals surface area contributed by atoms with Crippen LogP contribution in [0.3, 0.4) is 0 Å². The lowest BCUT2D eigenvalue weighted by molar-refractivity contribution is -0.151. The highest BCUT2D eigenvalue weighted by atomic mass is 16.5. The van der Waals surface area contributed by atoms with Gasteiger partial charge in [0.1, 0.15) is 12.6 Å². The third-order valence-corrected chi connectivity index (χ3v) is 3.20. The van der Waals surface area contributed by atoms with Crippen LogP contribution in [0.25, 0.3) is 0 Å². The number of urea groups is 1. The van der Waals surface area contributed by atoms with Crippen molar-refractivity contribution in [3.05, 3.63) is 35.9 Å². The van der Waals surface area contributed by atoms with Gasteiger partial charge in [0.25, 0.3) is 0 Å². The Balaban J connectivity index is 2.72. The Bertz CT molecular complexity index is 472. The first-order chi connectivity index (χ1) is 9.84. The molecular weight excluding hydrogens is 268 g/mol. The van der Waals surface area contributed by atoms with E-state index in [2.05, 4.69) is 0 Å². The number of esters is 1. The molecule has 1 rings (SSSR count). The lowest BCUT2D eigenvalue weighted by atomic mass is 10.0. The van der Waals surface area contributed by atoms with Gasteiger partial charge in [-0.05, 0) is 11.5 Å². The number of ether oxygens (including phenoxy) is 1. The standard InChI is InChI=1S/C16H24N2O3/c1-12(2)14(18(5)16(20)17(3)4)15(19)21-11-13-9-7-6-8-10-13/h6-10,12,14H,11H2,1-5H3. The third-order valence-electron chi connectivity index (χ3n) is 3.20. The van der Waals surface area contributed by atoms with Crippen LogP contribution in [0, 0.1) is 5.92 Å². The van der Waals surface area contributed by atoms with Crippen molar-refractivity contribution in [2.45, 2.75) is 26.5 Å². The van der Waals surface area contributed by atoms with Crippen molar-refractivity contribution in [1.29, 1.82) is 0 Å². The van der Waals surface area contributed by atoms with E-state index in [9.17, 15) is 9.59 Å². The first-order valence-corrected chi connectivity index (χ1v) is 6.99. The van der Waals surface area contributed by atoms with Crippen molar-refractivity contribution in [2.75, 3.05) is 21.1 Å². The summed E-state index contributed by atoms with van der Waals surface area (Å²) in [6, 6.07) is 8.68. The summed E-state index contributed by atoms with van der Waals surface area (Å²) in [7, 11) is 4.94. The van der Waals surface area contributed by atoms with Gasteiger partial charge in [-0.25, -0.2) is 9.59 Å². The average molecular weight is 292 g/mol. The summed E-state index contributed by atoms with van der Waals surface area (Å²) in [5.74, 6) is -0.409. The van der Waals surface area contributed by atoms with Crippen LogP contribution < -0.4 is 0 Å². The molecule has 5 nitrogen and oxygen atoms in total. The van der Waals surface area contributed by atoms with Crippen LogP contribution >= 0.6 is 0 Å². The van der Waals surface area contributed by atoms with Crippen molar-refractivity contribution < 1.29 is 14.3 Å². The molecule has 0 radical (unpaired) electrons. The fraction of sp³-hybridized carbons (Fsp3) is 0.500. The summed E-state index contributed by atoms with van der Waals surface area (Å²) in [6.45, 7) is 4.01. The minimum Gasteiger partial charge on any atom is -0.459 e. The zero-order chi connectivity index (χ0) is 16.0. The van der Waals surface area contributed by atoms with Crippen LogP contribution in [0.5, 0.6) is 0 Å². The second-order valence-electron chi connectivity index (χ2n) is 5.57. The van der Waals surface area contributed by atoms with Gasteiger partial charge in [-0.15, -0.1) is 0 Å². The predicted octanol–water partition coefficient (Wildman–Crippen LogP) is 2.37. The van der Waals surface area contributed by atoms with Crippen molar-refractivity contribution in [1.82, 2.24) is 9.80 Å². The molecule has 0 aliphatic heterocycles. The SMILES string of the molecule is CC(C)C(C(=O)OCc1ccccc1)N(C)C(=O)N(C)C. The van der Waals surface area contributed by atoms with E-state index in [0.717, 1.165) is 5.56 Å². The highest BCUT2D eigenvalue weighted by molar-refractivity contribution is 5.83. The fourth-order valence-electron chi connectivity index (χ4n) is 2.13. The number of nitrogens with zero attached hydrogens (tertiary/aromatic N) is 2. The van der Waals surface area contributed by atoms with E-state index in [1.807, 2.05) is 44.2 Å². The summed E-state index contributed by atoms with van der Waals surface area (Å²) < 4.78 is 5.35. The second kappa shape index (κ2) is 7.67. The molecule has 0 heterocycles. The molecule has 1 unspecified atom stereocenters. The van der Waals surface area contributed by atoms with E-state index in [0.29, 0.717) is 0 Å². The molecule has 0 N–H and O–H groups in total. The van der Waals surface area contributed by atoms with Crippen molar-refractivity contribution in [3.8, 4) is 0 Å². The second-order valence-corrected chi connectivity index (χ2v) is 5.57. The molecule has 5 heteroatoms. The average Bonchev–Trinajstić information content (AvgIpc) is 2.44. The zero-order valence-corrected chi connectivity index (χ0v) is 13.4. The van der Waals surface area contributed by atoms with Gasteiger partial charge in [0.05, 0.1) is 0 Å². The van der Waals surface area contributed by atoms with Crippen LogP contribution in [0.4, 0.5) is 4.79 Å². The number of carbonyl (C=O) groups is 2. The Morgan fingerprint density at radius 3 is 2.14 bits per heavy atom. The summed E-state index contributed by atoms with van der Waals surface area (Å²) in [5, 5.41) is 0. The summed E-state index contributed by atoms with van der Waals surface area (Å²) in [6.07, 6.45) is 0. The van der Waals surface area contributed by atoms with Gasteiger partial charge in [-0.2, -0.15) is 0 Å². The molecule has 0 aliphatic carbocycles. The minimum atomic E-state index is -0.594. The number of amides is 2. The van der Waals surface area contributed by atoms with Crippen molar-refractivity contribution >= 4 is 12.0 Å². The van der Waals surface area contributed by atoms with Crippen LogP contribution in [-0.2, 0) is 16.1 Å². The molecule has 0 saturated heterocycles. The molecule has 116 valence electrons. The van der Waals surface area contributed by atoms with Crippen LogP contribution in [0.2, 0.25) is 0 Å². The fourth-order valence-corrected chi connectivity index (χ4v) is 2.13. The van der Waals surface area contributed by atoms with E-state index in [1.165, 1.54) is 9.80 Å². The molecule has 0 saturated carbocycles. The Hall–Kier alpha value is -2.04. The van der Waals surface area contributed by atoms with Gasteiger partial charge in [0.2, 0.25) is 0 Å². The first kappa shape index (κ1) is 17.0. The van der Waals surface area contributed by atoms with Gasteiger partial charge >= 0.3 is 12.0 Å². The smallest absolute Gasteiger partial charge is 0.329 e. The summed E-state index contributed by atoms with van der Waals surface area (Å²) in [5.41, 5.74) is 0.926. The maximum Gasteiger partial charge on any atom is 0.329 e. The quantitative estimate of drug-likeness (QED) is 0.783. The van der Waals surface area contributed by atoms with E-state index < -0.39 is 6.04 Å². The van der Waals surface area contributed by atoms with Gasteiger partial charge in [0, 0.05) is 21.1 Å². The Morgan fingerprint density at radius 2 is 1.67 bits per heavy atom. The van der Waals surface area contributed by atoms with E-state index in [1.54, 1.807) is 21.1 Å². The molecule has 0 spiro atoms. The molecule has 0 aliphatic rings. The molecule has 1 atom stereocenters. The van der Waals surface area contributed by atoms with Crippen LogP contribution in [0.15, 0.2) is 30.3 Å². The van der Waals surface area contributed by atoms with Gasteiger partial charge in [-0.1, -0.05) is 44.2 Å². The van der Waals surface area contributed by atoms with Crippen LogP contribution in [-0.4, -0.2) is 49.0 Å². The topological polar surface area (TPSA) is 49.9 Å². The Labute approximate surface area is 126 Å². The zero-order valence-electron chi connectivity index (χ0n) is 13.4. The monoisotopic (exact) mass is 292 g/mol. The maximum absolute atomic E-state index is 12.3. The number of hydrogen-bond acceptors (Lipinski definition) is 3. The normalized spacial score (nSPS) is 11.9. The largest absolute Gasteiger partial charge is 0.459 e. The predicted molar refractivity (Wildman–Crippen MR) is 81.7 cm³/mol. The maximum atomic E-state index is 12.3. The number of likely N-dealkylation sites (N-methyl/N-ethyl adjacent to an activating group) is 1. The molecule has 0 bridgehead atoms. The highest BCUT2D eigenvalue weighted by Gasteiger charge is 2.31. The van der Waals surface area contributed by atoms with E-state index in [4.69, 9.17) is 4.74 Å². The Morgan fingerprint density at radius 1 is 1.10 bits per heavy atom. The number of benzene rings is 1. The number of hydrogen-bond donors (Lipinski definition) is 0. The summed E-state index contributed by atoms with van der Waals surface area (Å²) >= 11 is 0. The number of carbonyl (C=O) groups excluding carboxylic acids is 2. The molecule has 1 aromatic carbocycles. The highest BCUT2D eigenvalue weighted by Crippen LogP contribution is 2.14. The van der Waals surface area contributed by atoms with Crippen LogP contribution in [0.1, 0.15) is 19.4 Å². The van der Waals surface area contributed by atoms with Crippen molar-refractivity contribution in [2.24, 2.45) is 5.92 Å². The molecule has 21 heavy (non-hydrogen) atoms. The van der Waals surface area contributed by atoms with E-state index >= 15 is 0 Å². The Kier molecular flexibility index (Phi) is 6.21. The lowest BCUT2D eigenvalue weighted by Gasteiger charge is -2.31. The molecule has 1 aromatic rings. The van der Waals surface area contributed by atoms with E-state index in [-0.39, 0.29) is 24.5 Å². The summed E-state index contributed by atoms with van der Waals surface area (Å²) in [4.78, 5) is 27.2. The first-order valence-electron chi connectivity index (χ1n) is 6.99. The van der Waals surface area contributed by atoms with Gasteiger partial charge < -0.3 is 14.5 Å².